The molecule has 1 aromatic carbocycles. The normalized spacial score (nSPS) is 16.4. The third kappa shape index (κ3) is 4.55. The summed E-state index contributed by atoms with van der Waals surface area (Å²) in [7, 11) is 0. The second-order valence-electron chi connectivity index (χ2n) is 7.64. The molecule has 1 aliphatic heterocycles. The molecule has 0 saturated carbocycles. The summed E-state index contributed by atoms with van der Waals surface area (Å²) in [6, 6.07) is 11.2. The quantitative estimate of drug-likeness (QED) is 0.410. The first-order valence-electron chi connectivity index (χ1n) is 11.0. The van der Waals surface area contributed by atoms with Gasteiger partial charge in [-0.1, -0.05) is 43.1 Å². The van der Waals surface area contributed by atoms with E-state index in [4.69, 9.17) is 9.26 Å². The van der Waals surface area contributed by atoms with Crippen molar-refractivity contribution >= 4 is 22.9 Å². The third-order valence-corrected chi connectivity index (χ3v) is 6.37. The molecule has 168 valence electrons. The molecule has 0 spiro atoms. The fourth-order valence-electron chi connectivity index (χ4n) is 3.86. The number of carbonyl (C=O) groups excluding carboxylic acids is 1. The van der Waals surface area contributed by atoms with Crippen molar-refractivity contribution in [3.05, 3.63) is 58.9 Å². The van der Waals surface area contributed by atoms with E-state index >= 15 is 0 Å². The summed E-state index contributed by atoms with van der Waals surface area (Å²) in [5.74, 6) is 1.76. The molecule has 4 rings (SSSR count). The molecule has 1 N–H and O–H groups in total. The molecule has 1 atom stereocenters. The fraction of sp³-hybridized carbons (Fsp3) is 0.375. The van der Waals surface area contributed by atoms with Crippen LogP contribution in [-0.2, 0) is 0 Å². The second-order valence-corrected chi connectivity index (χ2v) is 8.59. The van der Waals surface area contributed by atoms with Crippen LogP contribution in [0.15, 0.2) is 52.0 Å². The maximum atomic E-state index is 13.0. The molecule has 3 heterocycles. The van der Waals surface area contributed by atoms with Crippen molar-refractivity contribution in [3.8, 4) is 16.5 Å². The molecule has 1 aliphatic rings. The first-order chi connectivity index (χ1) is 15.6. The maximum absolute atomic E-state index is 13.0. The minimum Gasteiger partial charge on any atom is -0.494 e. The molecule has 0 fully saturated rings. The number of aromatic nitrogens is 2. The Bertz CT molecular complexity index is 1070. The highest BCUT2D eigenvalue weighted by Crippen LogP contribution is 2.38. The van der Waals surface area contributed by atoms with Gasteiger partial charge in [0.05, 0.1) is 23.1 Å². The molecule has 32 heavy (non-hydrogen) atoms. The predicted molar refractivity (Wildman–Crippen MR) is 125 cm³/mol. The topological polar surface area (TPSA) is 80.5 Å². The smallest absolute Gasteiger partial charge is 0.322 e. The van der Waals surface area contributed by atoms with Crippen LogP contribution in [0.25, 0.3) is 16.3 Å². The summed E-state index contributed by atoms with van der Waals surface area (Å²) in [6.07, 6.45) is 3.10. The molecule has 3 aromatic rings. The SMILES string of the molecule is CCCCCN1C(=O)NC(c2ccc(OCC)cc2)C(c2nc(-c3cccs3)no2)=C1C. The molecule has 2 aromatic heterocycles. The molecule has 0 aliphatic carbocycles. The van der Waals surface area contributed by atoms with E-state index in [0.29, 0.717) is 24.9 Å². The van der Waals surface area contributed by atoms with Gasteiger partial charge in [-0.05, 0) is 49.4 Å². The van der Waals surface area contributed by atoms with Crippen molar-refractivity contribution < 1.29 is 14.1 Å². The van der Waals surface area contributed by atoms with Crippen molar-refractivity contribution in [1.29, 1.82) is 0 Å². The van der Waals surface area contributed by atoms with Gasteiger partial charge in [0.1, 0.15) is 5.75 Å². The lowest BCUT2D eigenvalue weighted by Crippen LogP contribution is -2.46. The molecule has 8 heteroatoms. The molecule has 2 amide bonds. The third-order valence-electron chi connectivity index (χ3n) is 5.50. The van der Waals surface area contributed by atoms with E-state index in [1.54, 1.807) is 16.2 Å². The number of nitrogens with one attached hydrogen (secondary N) is 1. The largest absolute Gasteiger partial charge is 0.494 e. The van der Waals surface area contributed by atoms with Gasteiger partial charge >= 0.3 is 6.03 Å². The number of nitrogens with zero attached hydrogens (tertiary/aromatic N) is 3. The lowest BCUT2D eigenvalue weighted by Gasteiger charge is -2.35. The Morgan fingerprint density at radius 2 is 2.00 bits per heavy atom. The first kappa shape index (κ1) is 22.1. The highest BCUT2D eigenvalue weighted by Gasteiger charge is 2.35. The number of benzene rings is 1. The zero-order valence-corrected chi connectivity index (χ0v) is 19.4. The molecule has 0 saturated heterocycles. The van der Waals surface area contributed by atoms with Crippen LogP contribution < -0.4 is 10.1 Å². The Kier molecular flexibility index (Phi) is 6.90. The van der Waals surface area contributed by atoms with Gasteiger partial charge in [0.25, 0.3) is 5.89 Å². The molecule has 0 bridgehead atoms. The van der Waals surface area contributed by atoms with Crippen LogP contribution in [0, 0.1) is 0 Å². The van der Waals surface area contributed by atoms with Gasteiger partial charge in [-0.3, -0.25) is 4.90 Å². The number of carbonyl (C=O) groups is 1. The van der Waals surface area contributed by atoms with Gasteiger partial charge in [0.2, 0.25) is 5.82 Å². The Morgan fingerprint density at radius 3 is 2.69 bits per heavy atom. The minimum atomic E-state index is -0.391. The Morgan fingerprint density at radius 1 is 1.19 bits per heavy atom. The summed E-state index contributed by atoms with van der Waals surface area (Å²) in [5.41, 5.74) is 2.59. The van der Waals surface area contributed by atoms with Crippen LogP contribution in [0.3, 0.4) is 0 Å². The highest BCUT2D eigenvalue weighted by molar-refractivity contribution is 7.13. The van der Waals surface area contributed by atoms with E-state index in [1.807, 2.05) is 55.6 Å². The van der Waals surface area contributed by atoms with Gasteiger partial charge in [-0.25, -0.2) is 4.79 Å². The first-order valence-corrected chi connectivity index (χ1v) is 11.9. The predicted octanol–water partition coefficient (Wildman–Crippen LogP) is 5.88. The zero-order valence-electron chi connectivity index (χ0n) is 18.6. The number of ether oxygens (including phenoxy) is 1. The van der Waals surface area contributed by atoms with Crippen LogP contribution in [0.5, 0.6) is 5.75 Å². The van der Waals surface area contributed by atoms with E-state index in [-0.39, 0.29) is 6.03 Å². The Balaban J connectivity index is 1.73. The number of rotatable bonds is 9. The fourth-order valence-corrected chi connectivity index (χ4v) is 4.51. The van der Waals surface area contributed by atoms with Crippen molar-refractivity contribution in [2.75, 3.05) is 13.2 Å². The summed E-state index contributed by atoms with van der Waals surface area (Å²) >= 11 is 1.56. The van der Waals surface area contributed by atoms with E-state index in [1.165, 1.54) is 0 Å². The summed E-state index contributed by atoms with van der Waals surface area (Å²) in [6.45, 7) is 7.31. The van der Waals surface area contributed by atoms with Gasteiger partial charge in [0, 0.05) is 12.2 Å². The van der Waals surface area contributed by atoms with Crippen LogP contribution in [-0.4, -0.2) is 34.2 Å². The molecular weight excluding hydrogens is 424 g/mol. The van der Waals surface area contributed by atoms with Crippen molar-refractivity contribution in [2.24, 2.45) is 0 Å². The van der Waals surface area contributed by atoms with Crippen molar-refractivity contribution in [3.63, 3.8) is 0 Å². The summed E-state index contributed by atoms with van der Waals surface area (Å²) in [5, 5.41) is 9.32. The number of amides is 2. The van der Waals surface area contributed by atoms with Gasteiger partial charge in [-0.15, -0.1) is 11.3 Å². The second kappa shape index (κ2) is 9.99. The number of urea groups is 1. The van der Waals surface area contributed by atoms with Crippen LogP contribution in [0.2, 0.25) is 0 Å². The summed E-state index contributed by atoms with van der Waals surface area (Å²) in [4.78, 5) is 20.4. The monoisotopic (exact) mass is 452 g/mol. The maximum Gasteiger partial charge on any atom is 0.322 e. The lowest BCUT2D eigenvalue weighted by atomic mass is 9.94. The van der Waals surface area contributed by atoms with Crippen molar-refractivity contribution in [1.82, 2.24) is 20.4 Å². The van der Waals surface area contributed by atoms with Gasteiger partial charge < -0.3 is 14.6 Å². The highest BCUT2D eigenvalue weighted by atomic mass is 32.1. The minimum absolute atomic E-state index is 0.112. The van der Waals surface area contributed by atoms with Crippen LogP contribution >= 0.6 is 11.3 Å². The van der Waals surface area contributed by atoms with Crippen LogP contribution in [0.1, 0.15) is 57.5 Å². The standard InChI is InChI=1S/C24H28N4O3S/c1-4-6-7-14-28-16(3)20(23-26-22(27-31-23)19-9-8-15-32-19)21(25-24(28)29)17-10-12-18(13-11-17)30-5-2/h8-13,15,21H,4-7,14H2,1-3H3,(H,25,29). The van der Waals surface area contributed by atoms with E-state index in [9.17, 15) is 4.79 Å². The average Bonchev–Trinajstić information content (AvgIpc) is 3.48. The number of thiophene rings is 1. The van der Waals surface area contributed by atoms with E-state index in [0.717, 1.165) is 46.7 Å². The Hall–Kier alpha value is -3.13. The van der Waals surface area contributed by atoms with Crippen molar-refractivity contribution in [2.45, 2.75) is 46.1 Å². The lowest BCUT2D eigenvalue weighted by molar-refractivity contribution is 0.204. The number of allylic oxidation sites excluding steroid dienone is 1. The van der Waals surface area contributed by atoms with E-state index < -0.39 is 6.04 Å². The van der Waals surface area contributed by atoms with E-state index in [2.05, 4.69) is 22.4 Å². The molecule has 0 radical (unpaired) electrons. The van der Waals surface area contributed by atoms with Crippen LogP contribution in [0.4, 0.5) is 4.79 Å². The van der Waals surface area contributed by atoms with Gasteiger partial charge in [0.15, 0.2) is 0 Å². The molecule has 1 unspecified atom stereocenters. The number of hydrogen-bond acceptors (Lipinski definition) is 6. The zero-order chi connectivity index (χ0) is 22.5. The Labute approximate surface area is 192 Å². The summed E-state index contributed by atoms with van der Waals surface area (Å²) < 4.78 is 11.3. The molecule has 7 nitrogen and oxygen atoms in total. The number of unbranched alkanes of at least 4 members (excludes halogenated alkanes) is 2. The number of hydrogen-bond donors (Lipinski definition) is 1. The van der Waals surface area contributed by atoms with Gasteiger partial charge in [-0.2, -0.15) is 4.98 Å². The average molecular weight is 453 g/mol. The molecular formula is C24H28N4O3S.